The second-order valence-corrected chi connectivity index (χ2v) is 6.13. The quantitative estimate of drug-likeness (QED) is 0.774. The number of hydrogen-bond acceptors (Lipinski definition) is 2. The van der Waals surface area contributed by atoms with E-state index in [0.29, 0.717) is 5.92 Å². The summed E-state index contributed by atoms with van der Waals surface area (Å²) >= 11 is 0. The fraction of sp³-hybridized carbons (Fsp3) is 0.857. The van der Waals surface area contributed by atoms with Crippen LogP contribution in [0.5, 0.6) is 0 Å². The highest BCUT2D eigenvalue weighted by Gasteiger charge is 2.43. The van der Waals surface area contributed by atoms with E-state index in [4.69, 9.17) is 0 Å². The zero-order chi connectivity index (χ0) is 12.5. The summed E-state index contributed by atoms with van der Waals surface area (Å²) in [5.41, 5.74) is 0. The fourth-order valence-corrected chi connectivity index (χ4v) is 3.92. The lowest BCUT2D eigenvalue weighted by Crippen LogP contribution is -2.48. The molecule has 3 aliphatic rings. The van der Waals surface area contributed by atoms with E-state index in [1.165, 1.54) is 19.3 Å². The Morgan fingerprint density at radius 2 is 2.06 bits per heavy atom. The fourth-order valence-electron chi connectivity index (χ4n) is 3.92. The molecule has 2 amide bonds. The van der Waals surface area contributed by atoms with Crippen LogP contribution in [0.4, 0.5) is 0 Å². The van der Waals surface area contributed by atoms with Crippen molar-refractivity contribution in [2.45, 2.75) is 51.0 Å². The molecule has 3 fully saturated rings. The normalized spacial score (nSPS) is 39.2. The van der Waals surface area contributed by atoms with Gasteiger partial charge in [-0.05, 0) is 50.4 Å². The van der Waals surface area contributed by atoms with Crippen molar-refractivity contribution in [3.05, 3.63) is 0 Å². The zero-order valence-electron chi connectivity index (χ0n) is 10.8. The highest BCUT2D eigenvalue weighted by atomic mass is 16.2. The van der Waals surface area contributed by atoms with Gasteiger partial charge < -0.3 is 10.6 Å². The average Bonchev–Trinajstić information content (AvgIpc) is 2.93. The predicted molar refractivity (Wildman–Crippen MR) is 67.7 cm³/mol. The van der Waals surface area contributed by atoms with Gasteiger partial charge in [-0.1, -0.05) is 6.42 Å². The van der Waals surface area contributed by atoms with Gasteiger partial charge in [0.05, 0.1) is 0 Å². The summed E-state index contributed by atoms with van der Waals surface area (Å²) in [4.78, 5) is 24.1. The number of fused-ring (bicyclic) bond motifs is 2. The lowest BCUT2D eigenvalue weighted by molar-refractivity contribution is -0.132. The maximum absolute atomic E-state index is 12.3. The molecule has 0 aromatic carbocycles. The molecule has 18 heavy (non-hydrogen) atoms. The van der Waals surface area contributed by atoms with Gasteiger partial charge in [-0.15, -0.1) is 0 Å². The molecule has 4 unspecified atom stereocenters. The maximum Gasteiger partial charge on any atom is 0.242 e. The Bertz CT molecular complexity index is 356. The van der Waals surface area contributed by atoms with E-state index in [9.17, 15) is 9.59 Å². The Morgan fingerprint density at radius 3 is 2.78 bits per heavy atom. The van der Waals surface area contributed by atoms with Crippen LogP contribution in [0.15, 0.2) is 0 Å². The van der Waals surface area contributed by atoms with Crippen LogP contribution in [0, 0.1) is 17.8 Å². The number of hydrogen-bond donors (Lipinski definition) is 2. The Balaban J connectivity index is 1.58. The van der Waals surface area contributed by atoms with Crippen molar-refractivity contribution in [2.75, 3.05) is 6.54 Å². The SMILES string of the molecule is O=C1NCCCCC1NC(=O)C1CC2CCC1C2. The van der Waals surface area contributed by atoms with Crippen LogP contribution in [-0.4, -0.2) is 24.4 Å². The molecule has 4 atom stereocenters. The summed E-state index contributed by atoms with van der Waals surface area (Å²) in [6, 6.07) is -0.292. The van der Waals surface area contributed by atoms with Crippen molar-refractivity contribution in [2.24, 2.45) is 17.8 Å². The van der Waals surface area contributed by atoms with Crippen molar-refractivity contribution in [1.82, 2.24) is 10.6 Å². The first-order valence-corrected chi connectivity index (χ1v) is 7.32. The Morgan fingerprint density at radius 1 is 1.17 bits per heavy atom. The highest BCUT2D eigenvalue weighted by Crippen LogP contribution is 2.48. The molecular weight excluding hydrogens is 228 g/mol. The molecule has 2 N–H and O–H groups in total. The summed E-state index contributed by atoms with van der Waals surface area (Å²) in [5, 5.41) is 5.86. The molecule has 0 aromatic rings. The lowest BCUT2D eigenvalue weighted by Gasteiger charge is -2.23. The average molecular weight is 250 g/mol. The van der Waals surface area contributed by atoms with E-state index >= 15 is 0 Å². The topological polar surface area (TPSA) is 58.2 Å². The molecule has 0 spiro atoms. The Labute approximate surface area is 108 Å². The van der Waals surface area contributed by atoms with Gasteiger partial charge in [0.2, 0.25) is 11.8 Å². The van der Waals surface area contributed by atoms with Crippen LogP contribution in [-0.2, 0) is 9.59 Å². The third kappa shape index (κ3) is 2.25. The minimum Gasteiger partial charge on any atom is -0.354 e. The van der Waals surface area contributed by atoms with E-state index in [-0.39, 0.29) is 23.8 Å². The van der Waals surface area contributed by atoms with Gasteiger partial charge in [-0.3, -0.25) is 9.59 Å². The summed E-state index contributed by atoms with van der Waals surface area (Å²) < 4.78 is 0. The first kappa shape index (κ1) is 12.0. The van der Waals surface area contributed by atoms with Gasteiger partial charge in [-0.25, -0.2) is 0 Å². The number of nitrogens with one attached hydrogen (secondary N) is 2. The van der Waals surface area contributed by atoms with Gasteiger partial charge in [0, 0.05) is 12.5 Å². The summed E-state index contributed by atoms with van der Waals surface area (Å²) in [7, 11) is 0. The van der Waals surface area contributed by atoms with E-state index < -0.39 is 0 Å². The first-order valence-electron chi connectivity index (χ1n) is 7.32. The molecule has 3 rings (SSSR count). The summed E-state index contributed by atoms with van der Waals surface area (Å²) in [5.74, 6) is 1.67. The Kier molecular flexibility index (Phi) is 3.27. The molecule has 4 nitrogen and oxygen atoms in total. The zero-order valence-corrected chi connectivity index (χ0v) is 10.8. The van der Waals surface area contributed by atoms with Crippen LogP contribution in [0.1, 0.15) is 44.9 Å². The van der Waals surface area contributed by atoms with Crippen molar-refractivity contribution in [1.29, 1.82) is 0 Å². The molecule has 1 aliphatic heterocycles. The second kappa shape index (κ2) is 4.90. The smallest absolute Gasteiger partial charge is 0.242 e. The van der Waals surface area contributed by atoms with Gasteiger partial charge in [-0.2, -0.15) is 0 Å². The standard InChI is InChI=1S/C14H22N2O2/c17-13(11-8-9-4-5-10(11)7-9)16-12-3-1-2-6-15-14(12)18/h9-12H,1-8H2,(H,15,18)(H,16,17). The van der Waals surface area contributed by atoms with Gasteiger partial charge in [0.25, 0.3) is 0 Å². The summed E-state index contributed by atoms with van der Waals surface area (Å²) in [6.45, 7) is 0.749. The van der Waals surface area contributed by atoms with Gasteiger partial charge in [0.15, 0.2) is 0 Å². The molecule has 1 saturated heterocycles. The van der Waals surface area contributed by atoms with Crippen LogP contribution >= 0.6 is 0 Å². The second-order valence-electron chi connectivity index (χ2n) is 6.13. The molecule has 0 aromatic heterocycles. The summed E-state index contributed by atoms with van der Waals surface area (Å²) in [6.07, 6.45) is 7.61. The van der Waals surface area contributed by atoms with Crippen molar-refractivity contribution in [3.8, 4) is 0 Å². The first-order chi connectivity index (χ1) is 8.74. The third-order valence-corrected chi connectivity index (χ3v) is 4.93. The Hall–Kier alpha value is -1.06. The molecule has 2 bridgehead atoms. The van der Waals surface area contributed by atoms with Crippen LogP contribution in [0.25, 0.3) is 0 Å². The number of carbonyl (C=O) groups excluding carboxylic acids is 2. The highest BCUT2D eigenvalue weighted by molar-refractivity contribution is 5.88. The van der Waals surface area contributed by atoms with E-state index in [1.54, 1.807) is 0 Å². The number of rotatable bonds is 2. The number of amides is 2. The molecule has 1 heterocycles. The van der Waals surface area contributed by atoms with Crippen molar-refractivity contribution in [3.63, 3.8) is 0 Å². The van der Waals surface area contributed by atoms with Crippen LogP contribution in [0.2, 0.25) is 0 Å². The molecular formula is C14H22N2O2. The third-order valence-electron chi connectivity index (χ3n) is 4.93. The lowest BCUT2D eigenvalue weighted by atomic mass is 9.88. The molecule has 2 saturated carbocycles. The minimum atomic E-state index is -0.292. The molecule has 100 valence electrons. The van der Waals surface area contributed by atoms with Gasteiger partial charge in [0.1, 0.15) is 6.04 Å². The van der Waals surface area contributed by atoms with Gasteiger partial charge >= 0.3 is 0 Å². The van der Waals surface area contributed by atoms with E-state index in [2.05, 4.69) is 10.6 Å². The van der Waals surface area contributed by atoms with Crippen LogP contribution < -0.4 is 10.6 Å². The number of carbonyl (C=O) groups is 2. The predicted octanol–water partition coefficient (Wildman–Crippen LogP) is 1.21. The van der Waals surface area contributed by atoms with E-state index in [1.807, 2.05) is 0 Å². The molecule has 2 aliphatic carbocycles. The molecule has 0 radical (unpaired) electrons. The monoisotopic (exact) mass is 250 g/mol. The minimum absolute atomic E-state index is 0.00371. The largest absolute Gasteiger partial charge is 0.354 e. The van der Waals surface area contributed by atoms with Crippen molar-refractivity contribution < 1.29 is 9.59 Å². The molecule has 4 heteroatoms. The van der Waals surface area contributed by atoms with Crippen molar-refractivity contribution >= 4 is 11.8 Å². The van der Waals surface area contributed by atoms with Crippen LogP contribution in [0.3, 0.4) is 0 Å². The van der Waals surface area contributed by atoms with E-state index in [0.717, 1.165) is 38.1 Å². The maximum atomic E-state index is 12.3.